The molecule has 1 aromatic heterocycles. The fourth-order valence-corrected chi connectivity index (χ4v) is 4.56. The van der Waals surface area contributed by atoms with Crippen LogP contribution in [0.3, 0.4) is 0 Å². The fourth-order valence-electron chi connectivity index (χ4n) is 2.31. The molecule has 1 heterocycles. The van der Waals surface area contributed by atoms with Gasteiger partial charge in [-0.05, 0) is 43.7 Å². The third-order valence-corrected chi connectivity index (χ3v) is 7.03. The second-order valence-electron chi connectivity index (χ2n) is 5.79. The van der Waals surface area contributed by atoms with Crippen molar-refractivity contribution < 1.29 is 22.7 Å². The fraction of sp³-hybridized carbons (Fsp3) is 0.333. The number of likely N-dealkylation sites (N-methyl/N-ethyl adjacent to an activating group) is 1. The predicted octanol–water partition coefficient (Wildman–Crippen LogP) is 3.40. The Morgan fingerprint density at radius 1 is 1.21 bits per heavy atom. The smallest absolute Gasteiger partial charge is 0.341 e. The highest BCUT2D eigenvalue weighted by Gasteiger charge is 2.24. The van der Waals surface area contributed by atoms with Gasteiger partial charge in [-0.25, -0.2) is 13.2 Å². The van der Waals surface area contributed by atoms with E-state index in [9.17, 15) is 18.0 Å². The number of carbonyl (C=O) groups excluding carboxylic acids is 2. The van der Waals surface area contributed by atoms with Gasteiger partial charge in [0.1, 0.15) is 5.00 Å². The van der Waals surface area contributed by atoms with E-state index in [1.807, 2.05) is 6.92 Å². The summed E-state index contributed by atoms with van der Waals surface area (Å²) >= 11 is 7.04. The molecule has 0 fully saturated rings. The van der Waals surface area contributed by atoms with Crippen LogP contribution >= 0.6 is 22.9 Å². The Labute approximate surface area is 173 Å². The first kappa shape index (κ1) is 22.4. The van der Waals surface area contributed by atoms with Gasteiger partial charge >= 0.3 is 5.97 Å². The van der Waals surface area contributed by atoms with Crippen LogP contribution in [0, 0.1) is 0 Å². The van der Waals surface area contributed by atoms with Crippen molar-refractivity contribution in [2.24, 2.45) is 0 Å². The molecule has 7 nitrogen and oxygen atoms in total. The number of halogens is 1. The van der Waals surface area contributed by atoms with Crippen LogP contribution in [-0.2, 0) is 26.0 Å². The lowest BCUT2D eigenvalue weighted by atomic mass is 10.2. The molecule has 0 spiro atoms. The van der Waals surface area contributed by atoms with E-state index in [4.69, 9.17) is 16.3 Å². The molecule has 0 aliphatic heterocycles. The van der Waals surface area contributed by atoms with Crippen molar-refractivity contribution in [1.82, 2.24) is 4.31 Å². The molecule has 1 N–H and O–H groups in total. The molecule has 1 aromatic carbocycles. The van der Waals surface area contributed by atoms with Crippen molar-refractivity contribution in [3.8, 4) is 0 Å². The monoisotopic (exact) mass is 444 g/mol. The number of thiophene rings is 1. The zero-order valence-electron chi connectivity index (χ0n) is 15.7. The second-order valence-corrected chi connectivity index (χ2v) is 9.41. The molecule has 0 saturated heterocycles. The second kappa shape index (κ2) is 9.51. The molecule has 1 amide bonds. The van der Waals surface area contributed by atoms with E-state index in [-0.39, 0.29) is 17.1 Å². The van der Waals surface area contributed by atoms with E-state index in [0.717, 1.165) is 9.18 Å². The van der Waals surface area contributed by atoms with Crippen LogP contribution in [0.5, 0.6) is 0 Å². The van der Waals surface area contributed by atoms with Crippen LogP contribution in [0.1, 0.15) is 29.1 Å². The van der Waals surface area contributed by atoms with Gasteiger partial charge in [-0.1, -0.05) is 18.5 Å². The lowest BCUT2D eigenvalue weighted by Crippen LogP contribution is -2.35. The number of sulfonamides is 1. The molecule has 0 aliphatic rings. The van der Waals surface area contributed by atoms with Crippen molar-refractivity contribution in [1.29, 1.82) is 0 Å². The zero-order chi connectivity index (χ0) is 20.9. The van der Waals surface area contributed by atoms with E-state index in [2.05, 4.69) is 5.32 Å². The van der Waals surface area contributed by atoms with Crippen molar-refractivity contribution in [2.75, 3.05) is 25.5 Å². The lowest BCUT2D eigenvalue weighted by Gasteiger charge is -2.17. The molecule has 152 valence electrons. The SMILES string of the molecule is CCOC(=O)c1cc(CC)sc1NC(=O)CN(C)S(=O)(=O)c1ccc(Cl)cc1. The molecule has 0 saturated carbocycles. The Morgan fingerprint density at radius 3 is 2.43 bits per heavy atom. The summed E-state index contributed by atoms with van der Waals surface area (Å²) in [5, 5.41) is 3.38. The lowest BCUT2D eigenvalue weighted by molar-refractivity contribution is -0.116. The molecule has 0 aliphatic carbocycles. The van der Waals surface area contributed by atoms with Gasteiger partial charge in [0.15, 0.2) is 0 Å². The number of carbonyl (C=O) groups is 2. The van der Waals surface area contributed by atoms with Gasteiger partial charge in [-0.2, -0.15) is 4.31 Å². The minimum Gasteiger partial charge on any atom is -0.462 e. The third-order valence-electron chi connectivity index (χ3n) is 3.77. The normalized spacial score (nSPS) is 11.5. The van der Waals surface area contributed by atoms with E-state index in [1.165, 1.54) is 42.6 Å². The van der Waals surface area contributed by atoms with E-state index in [1.54, 1.807) is 13.0 Å². The summed E-state index contributed by atoms with van der Waals surface area (Å²) in [7, 11) is -2.54. The van der Waals surface area contributed by atoms with Crippen LogP contribution in [0.4, 0.5) is 5.00 Å². The van der Waals surface area contributed by atoms with Gasteiger partial charge in [0.2, 0.25) is 15.9 Å². The maximum atomic E-state index is 12.6. The van der Waals surface area contributed by atoms with Gasteiger partial charge in [0, 0.05) is 16.9 Å². The molecule has 0 atom stereocenters. The Morgan fingerprint density at radius 2 is 1.86 bits per heavy atom. The molecule has 10 heteroatoms. The largest absolute Gasteiger partial charge is 0.462 e. The van der Waals surface area contributed by atoms with Crippen molar-refractivity contribution in [2.45, 2.75) is 25.2 Å². The van der Waals surface area contributed by atoms with Crippen LogP contribution < -0.4 is 5.32 Å². The summed E-state index contributed by atoms with van der Waals surface area (Å²) in [6, 6.07) is 7.35. The summed E-state index contributed by atoms with van der Waals surface area (Å²) in [6.07, 6.45) is 0.692. The van der Waals surface area contributed by atoms with Crippen LogP contribution in [0.2, 0.25) is 5.02 Å². The number of aryl methyl sites for hydroxylation is 1. The molecule has 2 rings (SSSR count). The van der Waals surface area contributed by atoms with E-state index in [0.29, 0.717) is 16.4 Å². The quantitative estimate of drug-likeness (QED) is 0.630. The summed E-state index contributed by atoms with van der Waals surface area (Å²) in [5.74, 6) is -1.09. The predicted molar refractivity (Wildman–Crippen MR) is 110 cm³/mol. The standard InChI is InChI=1S/C18H21ClN2O5S2/c1-4-13-10-15(18(23)26-5-2)17(27-13)20-16(22)11-21(3)28(24,25)14-8-6-12(19)7-9-14/h6-10H,4-5,11H2,1-3H3,(H,20,22). The van der Waals surface area contributed by atoms with E-state index >= 15 is 0 Å². The van der Waals surface area contributed by atoms with Gasteiger partial charge in [-0.3, -0.25) is 4.79 Å². The molecule has 0 bridgehead atoms. The number of hydrogen-bond acceptors (Lipinski definition) is 6. The van der Waals surface area contributed by atoms with Crippen LogP contribution in [0.15, 0.2) is 35.2 Å². The number of amides is 1. The number of ether oxygens (including phenoxy) is 1. The Kier molecular flexibility index (Phi) is 7.59. The highest BCUT2D eigenvalue weighted by molar-refractivity contribution is 7.89. The molecule has 28 heavy (non-hydrogen) atoms. The number of hydrogen-bond donors (Lipinski definition) is 1. The summed E-state index contributed by atoms with van der Waals surface area (Å²) < 4.78 is 31.1. The van der Waals surface area contributed by atoms with Crippen molar-refractivity contribution in [3.63, 3.8) is 0 Å². The molecule has 0 radical (unpaired) electrons. The minimum atomic E-state index is -3.85. The zero-order valence-corrected chi connectivity index (χ0v) is 18.1. The number of rotatable bonds is 8. The summed E-state index contributed by atoms with van der Waals surface area (Å²) in [4.78, 5) is 25.4. The minimum absolute atomic E-state index is 0.0313. The summed E-state index contributed by atoms with van der Waals surface area (Å²) in [5.41, 5.74) is 0.264. The topological polar surface area (TPSA) is 92.8 Å². The van der Waals surface area contributed by atoms with E-state index < -0.39 is 28.4 Å². The maximum Gasteiger partial charge on any atom is 0.341 e. The number of anilines is 1. The first-order valence-corrected chi connectivity index (χ1v) is 11.1. The Balaban J connectivity index is 2.14. The average Bonchev–Trinajstić information content (AvgIpc) is 3.05. The Hall–Kier alpha value is -1.94. The highest BCUT2D eigenvalue weighted by Crippen LogP contribution is 2.29. The van der Waals surface area contributed by atoms with Crippen molar-refractivity contribution in [3.05, 3.63) is 45.8 Å². The van der Waals surface area contributed by atoms with Gasteiger partial charge in [-0.15, -0.1) is 11.3 Å². The highest BCUT2D eigenvalue weighted by atomic mass is 35.5. The average molecular weight is 445 g/mol. The molecule has 0 unspecified atom stereocenters. The molecular weight excluding hydrogens is 424 g/mol. The first-order chi connectivity index (χ1) is 13.2. The van der Waals surface area contributed by atoms with Gasteiger partial charge in [0.05, 0.1) is 23.6 Å². The number of nitrogens with zero attached hydrogens (tertiary/aromatic N) is 1. The number of nitrogens with one attached hydrogen (secondary N) is 1. The van der Waals surface area contributed by atoms with Gasteiger partial charge in [0.25, 0.3) is 0 Å². The Bertz CT molecular complexity index is 955. The summed E-state index contributed by atoms with van der Waals surface area (Å²) in [6.45, 7) is 3.43. The first-order valence-electron chi connectivity index (χ1n) is 8.50. The number of esters is 1. The van der Waals surface area contributed by atoms with Gasteiger partial charge < -0.3 is 10.1 Å². The molecular formula is C18H21ClN2O5S2. The third kappa shape index (κ3) is 5.32. The van der Waals surface area contributed by atoms with Crippen LogP contribution in [0.25, 0.3) is 0 Å². The van der Waals surface area contributed by atoms with Crippen molar-refractivity contribution >= 4 is 49.8 Å². The molecule has 2 aromatic rings. The van der Waals surface area contributed by atoms with Crippen LogP contribution in [-0.4, -0.2) is 44.8 Å². The number of benzene rings is 1. The maximum absolute atomic E-state index is 12.6.